The van der Waals surface area contributed by atoms with E-state index in [-0.39, 0.29) is 31.3 Å². The molecule has 4 aromatic carbocycles. The minimum absolute atomic E-state index is 0.0172. The van der Waals surface area contributed by atoms with Gasteiger partial charge in [0.1, 0.15) is 12.3 Å². The van der Waals surface area contributed by atoms with Crippen LogP contribution in [0.1, 0.15) is 36.0 Å². The van der Waals surface area contributed by atoms with Crippen LogP contribution in [0.2, 0.25) is 0 Å². The Labute approximate surface area is 278 Å². The second-order valence-corrected chi connectivity index (χ2v) is 12.1. The Balaban J connectivity index is 1.24. The summed E-state index contributed by atoms with van der Waals surface area (Å²) < 4.78 is 24.6. The van der Waals surface area contributed by atoms with Crippen molar-refractivity contribution in [1.82, 2.24) is 4.98 Å². The molecule has 9 heteroatoms. The van der Waals surface area contributed by atoms with E-state index in [1.165, 1.54) is 17.8 Å². The zero-order chi connectivity index (χ0) is 32.6. The Kier molecular flexibility index (Phi) is 10.5. The number of aromatic nitrogens is 1. The number of anilines is 1. The lowest BCUT2D eigenvalue weighted by atomic mass is 9.91. The maximum atomic E-state index is 12.0. The number of aliphatic hydroxyl groups excluding tert-OH is 1. The molecule has 47 heavy (non-hydrogen) atoms. The average Bonchev–Trinajstić information content (AvgIpc) is 3.56. The molecule has 2 N–H and O–H groups in total. The molecule has 240 valence electrons. The summed E-state index contributed by atoms with van der Waals surface area (Å²) in [6, 6.07) is 35.1. The van der Waals surface area contributed by atoms with Gasteiger partial charge in [0.15, 0.2) is 12.1 Å². The van der Waals surface area contributed by atoms with Gasteiger partial charge in [-0.25, -0.2) is 9.78 Å². The number of benzene rings is 4. The molecule has 1 aliphatic rings. The van der Waals surface area contributed by atoms with Crippen molar-refractivity contribution < 1.29 is 28.5 Å². The quantitative estimate of drug-likeness (QED) is 0.108. The number of aliphatic hydroxyl groups is 1. The van der Waals surface area contributed by atoms with Gasteiger partial charge in [0.2, 0.25) is 0 Å². The number of hydrogen-bond acceptors (Lipinski definition) is 8. The highest BCUT2D eigenvalue weighted by Crippen LogP contribution is 2.44. The Morgan fingerprint density at radius 3 is 2.23 bits per heavy atom. The predicted molar refractivity (Wildman–Crippen MR) is 183 cm³/mol. The van der Waals surface area contributed by atoms with E-state index in [4.69, 9.17) is 23.6 Å². The first kappa shape index (κ1) is 32.3. The van der Waals surface area contributed by atoms with E-state index in [0.717, 1.165) is 39.3 Å². The van der Waals surface area contributed by atoms with Crippen LogP contribution in [0.15, 0.2) is 131 Å². The van der Waals surface area contributed by atoms with Gasteiger partial charge < -0.3 is 23.7 Å². The van der Waals surface area contributed by atoms with Gasteiger partial charge in [0, 0.05) is 34.0 Å². The summed E-state index contributed by atoms with van der Waals surface area (Å²) in [5.74, 6) is 1.28. The molecule has 1 amide bonds. The van der Waals surface area contributed by atoms with Crippen molar-refractivity contribution >= 4 is 23.5 Å². The molecule has 6 rings (SSSR count). The van der Waals surface area contributed by atoms with Gasteiger partial charge in [-0.2, -0.15) is 0 Å². The van der Waals surface area contributed by atoms with Crippen molar-refractivity contribution in [3.63, 3.8) is 0 Å². The molecule has 8 nitrogen and oxygen atoms in total. The van der Waals surface area contributed by atoms with Gasteiger partial charge in [0.05, 0.1) is 18.8 Å². The van der Waals surface area contributed by atoms with Crippen LogP contribution < -0.4 is 5.32 Å². The molecule has 4 atom stereocenters. The molecule has 1 fully saturated rings. The van der Waals surface area contributed by atoms with Gasteiger partial charge in [-0.05, 0) is 23.3 Å². The molecule has 1 saturated heterocycles. The molecule has 0 aliphatic carbocycles. The van der Waals surface area contributed by atoms with E-state index in [9.17, 15) is 9.90 Å². The Hall–Kier alpha value is -4.67. The van der Waals surface area contributed by atoms with E-state index in [0.29, 0.717) is 16.7 Å². The van der Waals surface area contributed by atoms with Crippen LogP contribution in [-0.4, -0.2) is 34.6 Å². The lowest BCUT2D eigenvalue weighted by Crippen LogP contribution is -2.38. The van der Waals surface area contributed by atoms with Crippen molar-refractivity contribution in [3.05, 3.63) is 139 Å². The molecule has 5 aromatic rings. The maximum absolute atomic E-state index is 12.0. The maximum Gasteiger partial charge on any atom is 0.411 e. The number of hydrogen-bond donors (Lipinski definition) is 2. The highest BCUT2D eigenvalue weighted by atomic mass is 32.2. The van der Waals surface area contributed by atoms with E-state index >= 15 is 0 Å². The zero-order valence-corrected chi connectivity index (χ0v) is 26.8. The smallest absolute Gasteiger partial charge is 0.411 e. The van der Waals surface area contributed by atoms with Crippen LogP contribution in [0.25, 0.3) is 22.6 Å². The second kappa shape index (κ2) is 15.3. The number of ether oxygens (including phenoxy) is 3. The van der Waals surface area contributed by atoms with E-state index in [2.05, 4.69) is 18.8 Å². The first-order valence-corrected chi connectivity index (χ1v) is 16.4. The Morgan fingerprint density at radius 1 is 0.915 bits per heavy atom. The van der Waals surface area contributed by atoms with Crippen molar-refractivity contribution in [2.75, 3.05) is 17.7 Å². The lowest BCUT2D eigenvalue weighted by Gasteiger charge is -2.41. The third-order valence-corrected chi connectivity index (χ3v) is 8.86. The highest BCUT2D eigenvalue weighted by Gasteiger charge is 2.38. The van der Waals surface area contributed by atoms with Crippen molar-refractivity contribution in [2.24, 2.45) is 5.92 Å². The third-order valence-electron chi connectivity index (χ3n) is 7.95. The molecule has 0 saturated carbocycles. The van der Waals surface area contributed by atoms with E-state index < -0.39 is 12.4 Å². The Morgan fingerprint density at radius 2 is 1.57 bits per heavy atom. The number of oxazole rings is 1. The summed E-state index contributed by atoms with van der Waals surface area (Å²) in [5.41, 5.74) is 5.96. The van der Waals surface area contributed by atoms with Gasteiger partial charge >= 0.3 is 6.09 Å². The fraction of sp³-hybridized carbons (Fsp3) is 0.211. The number of carbonyl (C=O) groups excluding carboxylic acids is 1. The largest absolute Gasteiger partial charge is 0.445 e. The van der Waals surface area contributed by atoms with Gasteiger partial charge in [-0.3, -0.25) is 5.32 Å². The van der Waals surface area contributed by atoms with Gasteiger partial charge in [-0.15, -0.1) is 0 Å². The summed E-state index contributed by atoms with van der Waals surface area (Å²) >= 11 is 1.51. The minimum atomic E-state index is -0.662. The molecular formula is C38H36N2O6S. The summed E-state index contributed by atoms with van der Waals surface area (Å²) in [4.78, 5) is 16.9. The molecule has 1 aliphatic heterocycles. The van der Waals surface area contributed by atoms with Crippen molar-refractivity contribution in [1.29, 1.82) is 0 Å². The number of nitrogens with one attached hydrogen (secondary N) is 1. The molecular weight excluding hydrogens is 612 g/mol. The molecule has 2 heterocycles. The fourth-order valence-corrected chi connectivity index (χ4v) is 6.40. The first-order valence-electron chi connectivity index (χ1n) is 15.4. The lowest BCUT2D eigenvalue weighted by molar-refractivity contribution is -0.268. The van der Waals surface area contributed by atoms with Crippen LogP contribution in [0.3, 0.4) is 0 Å². The summed E-state index contributed by atoms with van der Waals surface area (Å²) in [6.07, 6.45) is -0.206. The third kappa shape index (κ3) is 7.84. The number of thioether (sulfide) groups is 1. The topological polar surface area (TPSA) is 103 Å². The van der Waals surface area contributed by atoms with Gasteiger partial charge in [-0.1, -0.05) is 128 Å². The molecule has 0 radical (unpaired) electrons. The van der Waals surface area contributed by atoms with Crippen LogP contribution >= 0.6 is 11.8 Å². The standard InChI is InChI=1S/C38H36N2O6S/c1-3-22-43-37(42)39-31-20-18-30(19-21-31)36-44-32(25(2)34(45-36)29-16-14-26(23-41)15-17-29)24-47-38-40-33(27-10-6-4-7-11-27)35(46-38)28-12-8-5-9-13-28/h3-21,25,32,34,36,41H,1,22-24H2,2H3,(H,39,42). The van der Waals surface area contributed by atoms with Crippen molar-refractivity contribution in [3.8, 4) is 22.6 Å². The first-order chi connectivity index (χ1) is 23.0. The van der Waals surface area contributed by atoms with Crippen LogP contribution in [0.5, 0.6) is 0 Å². The van der Waals surface area contributed by atoms with Crippen LogP contribution in [0, 0.1) is 5.92 Å². The number of amides is 1. The second-order valence-electron chi connectivity index (χ2n) is 11.2. The molecule has 4 unspecified atom stereocenters. The molecule has 1 aromatic heterocycles. The SMILES string of the molecule is C=CCOC(=O)Nc1ccc(C2OC(CSc3nc(-c4ccccc4)c(-c4ccccc4)o3)C(C)C(c3ccc(CO)cc3)O2)cc1. The predicted octanol–water partition coefficient (Wildman–Crippen LogP) is 8.82. The minimum Gasteiger partial charge on any atom is -0.445 e. The van der Waals surface area contributed by atoms with Crippen molar-refractivity contribution in [2.45, 2.75) is 37.3 Å². The summed E-state index contributed by atoms with van der Waals surface area (Å²) in [5, 5.41) is 12.8. The van der Waals surface area contributed by atoms with Crippen LogP contribution in [-0.2, 0) is 20.8 Å². The number of carbonyl (C=O) groups is 1. The van der Waals surface area contributed by atoms with E-state index in [1.807, 2.05) is 97.1 Å². The average molecular weight is 649 g/mol. The monoisotopic (exact) mass is 648 g/mol. The van der Waals surface area contributed by atoms with Crippen LogP contribution in [0.4, 0.5) is 10.5 Å². The Bertz CT molecular complexity index is 1700. The summed E-state index contributed by atoms with van der Waals surface area (Å²) in [7, 11) is 0. The van der Waals surface area contributed by atoms with E-state index in [1.54, 1.807) is 12.1 Å². The highest BCUT2D eigenvalue weighted by molar-refractivity contribution is 7.99. The normalized spacial score (nSPS) is 19.2. The number of nitrogens with zero attached hydrogens (tertiary/aromatic N) is 1. The molecule has 0 bridgehead atoms. The van der Waals surface area contributed by atoms with Gasteiger partial charge in [0.25, 0.3) is 5.22 Å². The summed E-state index contributed by atoms with van der Waals surface area (Å²) in [6.45, 7) is 5.77. The fourth-order valence-electron chi connectivity index (χ4n) is 5.41. The number of rotatable bonds is 11. The molecule has 0 spiro atoms. The zero-order valence-electron chi connectivity index (χ0n) is 26.0.